The van der Waals surface area contributed by atoms with E-state index in [1.807, 2.05) is 0 Å². The van der Waals surface area contributed by atoms with Crippen molar-refractivity contribution >= 4 is 23.3 Å². The number of hydrogen-bond acceptors (Lipinski definition) is 8. The zero-order valence-electron chi connectivity index (χ0n) is 13.7. The predicted molar refractivity (Wildman–Crippen MR) is 93.1 cm³/mol. The number of carbonyl (C=O) groups is 1. The molecule has 0 radical (unpaired) electrons. The van der Waals surface area contributed by atoms with Gasteiger partial charge in [0.1, 0.15) is 5.75 Å². The Morgan fingerprint density at radius 1 is 1.11 bits per heavy atom. The van der Waals surface area contributed by atoms with E-state index < -0.39 is 10.9 Å². The highest BCUT2D eigenvalue weighted by atomic mass is 35.5. The van der Waals surface area contributed by atoms with Crippen LogP contribution < -0.4 is 4.74 Å². The number of nitrogens with zero attached hydrogens (tertiary/aromatic N) is 3. The number of esters is 1. The van der Waals surface area contributed by atoms with Gasteiger partial charge in [0, 0.05) is 22.7 Å². The number of hydrogen-bond donors (Lipinski definition) is 0. The van der Waals surface area contributed by atoms with Gasteiger partial charge in [-0.05, 0) is 36.4 Å². The molecule has 0 fully saturated rings. The third-order valence-electron chi connectivity index (χ3n) is 3.32. The quantitative estimate of drug-likeness (QED) is 0.342. The van der Waals surface area contributed by atoms with E-state index in [1.165, 1.54) is 24.3 Å². The molecule has 0 amide bonds. The molecule has 0 atom stereocenters. The molecule has 0 aliphatic heterocycles. The number of carbonyl (C=O) groups excluding carboxylic acids is 1. The summed E-state index contributed by atoms with van der Waals surface area (Å²) in [6.45, 7) is -0.506. The van der Waals surface area contributed by atoms with Crippen LogP contribution in [0.2, 0.25) is 5.02 Å². The Kier molecular flexibility index (Phi) is 5.62. The van der Waals surface area contributed by atoms with Gasteiger partial charge in [0.25, 0.3) is 11.6 Å². The van der Waals surface area contributed by atoms with Gasteiger partial charge < -0.3 is 13.9 Å². The number of aromatic nitrogens is 2. The van der Waals surface area contributed by atoms with Crippen LogP contribution in [0.25, 0.3) is 11.5 Å². The van der Waals surface area contributed by atoms with E-state index in [0.29, 0.717) is 16.3 Å². The monoisotopic (exact) mass is 389 g/mol. The maximum Gasteiger partial charge on any atom is 0.344 e. The van der Waals surface area contributed by atoms with Crippen molar-refractivity contribution in [1.29, 1.82) is 0 Å². The predicted octanol–water partition coefficient (Wildman–Crippen LogP) is 3.42. The summed E-state index contributed by atoms with van der Waals surface area (Å²) in [5.41, 5.74) is 0.463. The van der Waals surface area contributed by atoms with Crippen molar-refractivity contribution in [3.8, 4) is 17.2 Å². The zero-order valence-corrected chi connectivity index (χ0v) is 14.5. The highest BCUT2D eigenvalue weighted by Crippen LogP contribution is 2.21. The van der Waals surface area contributed by atoms with Gasteiger partial charge in [-0.3, -0.25) is 10.1 Å². The van der Waals surface area contributed by atoms with Crippen LogP contribution in [0.1, 0.15) is 5.89 Å². The number of benzene rings is 2. The summed E-state index contributed by atoms with van der Waals surface area (Å²) in [5.74, 6) is 0.117. The topological polar surface area (TPSA) is 118 Å². The molecule has 0 unspecified atom stereocenters. The fraction of sp³-hybridized carbons (Fsp3) is 0.118. The second kappa shape index (κ2) is 8.28. The smallest absolute Gasteiger partial charge is 0.344 e. The maximum atomic E-state index is 11.7. The number of ether oxygens (including phenoxy) is 2. The van der Waals surface area contributed by atoms with Crippen molar-refractivity contribution < 1.29 is 23.6 Å². The fourth-order valence-electron chi connectivity index (χ4n) is 2.01. The first-order valence-electron chi connectivity index (χ1n) is 7.62. The van der Waals surface area contributed by atoms with Gasteiger partial charge in [0.05, 0.1) is 4.92 Å². The lowest BCUT2D eigenvalue weighted by Gasteiger charge is -2.05. The summed E-state index contributed by atoms with van der Waals surface area (Å²) in [7, 11) is 0. The molecular formula is C17H12ClN3O6. The molecule has 2 aromatic carbocycles. The Labute approximate surface area is 157 Å². The molecule has 138 valence electrons. The van der Waals surface area contributed by atoms with Crippen molar-refractivity contribution in [2.24, 2.45) is 0 Å². The second-order valence-corrected chi connectivity index (χ2v) is 5.64. The molecule has 0 N–H and O–H groups in total. The summed E-state index contributed by atoms with van der Waals surface area (Å²) in [4.78, 5) is 21.9. The Morgan fingerprint density at radius 3 is 2.48 bits per heavy atom. The number of nitro groups is 1. The average molecular weight is 390 g/mol. The van der Waals surface area contributed by atoms with E-state index in [-0.39, 0.29) is 30.7 Å². The molecule has 0 spiro atoms. The van der Waals surface area contributed by atoms with Crippen LogP contribution in [0.5, 0.6) is 5.75 Å². The van der Waals surface area contributed by atoms with Gasteiger partial charge in [-0.1, -0.05) is 11.6 Å². The Morgan fingerprint density at radius 2 is 1.81 bits per heavy atom. The molecule has 0 bridgehead atoms. The summed E-state index contributed by atoms with van der Waals surface area (Å²) >= 11 is 5.76. The van der Waals surface area contributed by atoms with Gasteiger partial charge in [0.15, 0.2) is 13.2 Å². The van der Waals surface area contributed by atoms with Crippen molar-refractivity contribution in [3.05, 3.63) is 69.6 Å². The van der Waals surface area contributed by atoms with E-state index in [0.717, 1.165) is 0 Å². The summed E-state index contributed by atoms with van der Waals surface area (Å²) < 4.78 is 15.6. The zero-order chi connectivity index (χ0) is 19.2. The van der Waals surface area contributed by atoms with E-state index in [4.69, 9.17) is 25.5 Å². The van der Waals surface area contributed by atoms with Gasteiger partial charge in [0.2, 0.25) is 5.89 Å². The van der Waals surface area contributed by atoms with Crippen LogP contribution in [0.4, 0.5) is 5.69 Å². The van der Waals surface area contributed by atoms with Crippen LogP contribution in [0, 0.1) is 10.1 Å². The Balaban J connectivity index is 1.50. The molecule has 9 nitrogen and oxygen atoms in total. The van der Waals surface area contributed by atoms with Gasteiger partial charge in [-0.15, -0.1) is 10.2 Å². The summed E-state index contributed by atoms with van der Waals surface area (Å²) in [5, 5.41) is 18.8. The number of nitro benzene ring substituents is 1. The van der Waals surface area contributed by atoms with E-state index in [1.54, 1.807) is 24.3 Å². The van der Waals surface area contributed by atoms with Crippen LogP contribution in [0.3, 0.4) is 0 Å². The molecule has 10 heteroatoms. The fourth-order valence-corrected chi connectivity index (χ4v) is 2.14. The second-order valence-electron chi connectivity index (χ2n) is 5.21. The van der Waals surface area contributed by atoms with Gasteiger partial charge in [-0.25, -0.2) is 4.79 Å². The van der Waals surface area contributed by atoms with Crippen LogP contribution in [-0.4, -0.2) is 27.7 Å². The normalized spacial score (nSPS) is 10.4. The average Bonchev–Trinajstić information content (AvgIpc) is 3.15. The minimum atomic E-state index is -0.611. The first-order chi connectivity index (χ1) is 13.0. The van der Waals surface area contributed by atoms with Gasteiger partial charge >= 0.3 is 5.97 Å². The molecule has 27 heavy (non-hydrogen) atoms. The van der Waals surface area contributed by atoms with E-state index in [9.17, 15) is 14.9 Å². The van der Waals surface area contributed by atoms with Crippen LogP contribution in [0.15, 0.2) is 52.9 Å². The van der Waals surface area contributed by atoms with Gasteiger partial charge in [-0.2, -0.15) is 0 Å². The van der Waals surface area contributed by atoms with Crippen LogP contribution in [-0.2, 0) is 16.1 Å². The number of rotatable bonds is 7. The van der Waals surface area contributed by atoms with E-state index in [2.05, 4.69) is 10.2 Å². The minimum absolute atomic E-state index is 0.0480. The molecule has 1 heterocycles. The van der Waals surface area contributed by atoms with Crippen molar-refractivity contribution in [3.63, 3.8) is 0 Å². The molecule has 0 saturated heterocycles. The molecular weight excluding hydrogens is 378 g/mol. The summed E-state index contributed by atoms with van der Waals surface area (Å²) in [6.07, 6.45) is 0. The first-order valence-corrected chi connectivity index (χ1v) is 8.00. The highest BCUT2D eigenvalue weighted by Gasteiger charge is 2.13. The molecule has 3 aromatic rings. The molecule has 3 rings (SSSR count). The van der Waals surface area contributed by atoms with E-state index >= 15 is 0 Å². The maximum absolute atomic E-state index is 11.7. The number of halogens is 1. The van der Waals surface area contributed by atoms with Crippen molar-refractivity contribution in [2.75, 3.05) is 6.61 Å². The Bertz CT molecular complexity index is 940. The third-order valence-corrected chi connectivity index (χ3v) is 3.57. The minimum Gasteiger partial charge on any atom is -0.482 e. The van der Waals surface area contributed by atoms with Crippen molar-refractivity contribution in [2.45, 2.75) is 6.61 Å². The molecule has 0 aliphatic rings. The highest BCUT2D eigenvalue weighted by molar-refractivity contribution is 6.30. The third kappa shape index (κ3) is 5.02. The largest absolute Gasteiger partial charge is 0.482 e. The lowest BCUT2D eigenvalue weighted by molar-refractivity contribution is -0.384. The molecule has 1 aromatic heterocycles. The molecule has 0 saturated carbocycles. The lowest BCUT2D eigenvalue weighted by Crippen LogP contribution is -2.14. The first kappa shape index (κ1) is 18.3. The molecule has 0 aliphatic carbocycles. The number of non-ortho nitro benzene ring substituents is 1. The van der Waals surface area contributed by atoms with Crippen molar-refractivity contribution in [1.82, 2.24) is 10.2 Å². The standard InChI is InChI=1S/C17H12ClN3O6/c18-12-3-7-14(8-4-12)25-10-16(22)26-9-15-19-20-17(27-15)11-1-5-13(6-2-11)21(23)24/h1-8H,9-10H2. The Hall–Kier alpha value is -3.46. The summed E-state index contributed by atoms with van der Waals surface area (Å²) in [6, 6.07) is 12.2. The lowest BCUT2D eigenvalue weighted by atomic mass is 10.2. The SMILES string of the molecule is O=C(COc1ccc(Cl)cc1)OCc1nnc(-c2ccc([N+](=O)[O-])cc2)o1. The van der Waals surface area contributed by atoms with Crippen LogP contribution >= 0.6 is 11.6 Å².